The molecule has 0 fully saturated rings. The van der Waals surface area contributed by atoms with Crippen molar-refractivity contribution in [2.75, 3.05) is 19.0 Å². The second kappa shape index (κ2) is 6.84. The molecule has 1 amide bonds. The predicted molar refractivity (Wildman–Crippen MR) is 67.5 cm³/mol. The van der Waals surface area contributed by atoms with Gasteiger partial charge in [-0.2, -0.15) is 0 Å². The fourth-order valence-electron chi connectivity index (χ4n) is 1.34. The molecule has 0 saturated heterocycles. The van der Waals surface area contributed by atoms with Gasteiger partial charge in [0.2, 0.25) is 5.91 Å². The van der Waals surface area contributed by atoms with Crippen LogP contribution in [0.4, 0.5) is 10.1 Å². The third-order valence-corrected chi connectivity index (χ3v) is 2.21. The molecule has 6 heteroatoms. The lowest BCUT2D eigenvalue weighted by atomic mass is 10.1. The summed E-state index contributed by atoms with van der Waals surface area (Å²) >= 11 is 0. The number of rotatable bonds is 5. The van der Waals surface area contributed by atoms with Gasteiger partial charge >= 0.3 is 5.97 Å². The van der Waals surface area contributed by atoms with Crippen LogP contribution in [0.3, 0.4) is 0 Å². The van der Waals surface area contributed by atoms with Crippen LogP contribution in [-0.2, 0) is 14.3 Å². The van der Waals surface area contributed by atoms with Gasteiger partial charge in [-0.15, -0.1) is 0 Å². The summed E-state index contributed by atoms with van der Waals surface area (Å²) in [7, 11) is 1.21. The quantitative estimate of drug-likeness (QED) is 0.830. The number of carbonyl (C=O) groups is 2. The molecule has 0 saturated carbocycles. The minimum Gasteiger partial charge on any atom is -0.465 e. The lowest BCUT2D eigenvalue weighted by molar-refractivity contribution is -0.121. The second-order valence-electron chi connectivity index (χ2n) is 4.09. The van der Waals surface area contributed by atoms with Crippen LogP contribution >= 0.6 is 0 Å². The number of hydrogen-bond acceptors (Lipinski definition) is 4. The minimum absolute atomic E-state index is 0.0595. The average molecular weight is 269 g/mol. The molecule has 19 heavy (non-hydrogen) atoms. The summed E-state index contributed by atoms with van der Waals surface area (Å²) in [6, 6.07) is 3.42. The van der Waals surface area contributed by atoms with E-state index in [9.17, 15) is 14.0 Å². The molecule has 0 atom stereocenters. The Morgan fingerprint density at radius 3 is 2.63 bits per heavy atom. The van der Waals surface area contributed by atoms with Gasteiger partial charge in [0.25, 0.3) is 0 Å². The highest BCUT2D eigenvalue weighted by molar-refractivity contribution is 6.01. The van der Waals surface area contributed by atoms with Crippen LogP contribution < -0.4 is 5.32 Å². The Morgan fingerprint density at radius 1 is 1.37 bits per heavy atom. The van der Waals surface area contributed by atoms with Gasteiger partial charge < -0.3 is 14.8 Å². The van der Waals surface area contributed by atoms with Crippen LogP contribution in [-0.4, -0.2) is 31.7 Å². The normalized spacial score (nSPS) is 10.4. The molecule has 0 aliphatic rings. The Bertz CT molecular complexity index is 474. The summed E-state index contributed by atoms with van der Waals surface area (Å²) in [6.07, 6.45) is -0.0988. The number of carbonyl (C=O) groups excluding carboxylic acids is 2. The van der Waals surface area contributed by atoms with Gasteiger partial charge in [0.05, 0.1) is 24.5 Å². The summed E-state index contributed by atoms with van der Waals surface area (Å²) in [4.78, 5) is 23.0. The van der Waals surface area contributed by atoms with Crippen LogP contribution in [0.1, 0.15) is 24.2 Å². The van der Waals surface area contributed by atoms with E-state index in [4.69, 9.17) is 4.74 Å². The number of benzene rings is 1. The zero-order chi connectivity index (χ0) is 14.4. The maximum atomic E-state index is 13.1. The van der Waals surface area contributed by atoms with Crippen LogP contribution in [0.2, 0.25) is 0 Å². The molecular formula is C13H16FNO4. The Labute approximate surface area is 110 Å². The van der Waals surface area contributed by atoms with E-state index in [0.717, 1.165) is 12.1 Å². The number of anilines is 1. The third kappa shape index (κ3) is 4.67. The predicted octanol–water partition coefficient (Wildman–Crippen LogP) is 1.98. The van der Waals surface area contributed by atoms with E-state index in [-0.39, 0.29) is 24.0 Å². The second-order valence-corrected chi connectivity index (χ2v) is 4.09. The molecule has 5 nitrogen and oxygen atoms in total. The Kier molecular flexibility index (Phi) is 5.44. The first-order valence-corrected chi connectivity index (χ1v) is 5.73. The first kappa shape index (κ1) is 15.1. The first-order chi connectivity index (χ1) is 8.93. The zero-order valence-electron chi connectivity index (χ0n) is 11.0. The summed E-state index contributed by atoms with van der Waals surface area (Å²) in [5.74, 6) is -1.68. The summed E-state index contributed by atoms with van der Waals surface area (Å²) in [5.41, 5.74) is 0.144. The van der Waals surface area contributed by atoms with Crippen LogP contribution in [0.25, 0.3) is 0 Å². The molecule has 1 aromatic rings. The van der Waals surface area contributed by atoms with Crippen molar-refractivity contribution in [1.82, 2.24) is 0 Å². The number of esters is 1. The highest BCUT2D eigenvalue weighted by Gasteiger charge is 2.15. The van der Waals surface area contributed by atoms with Gasteiger partial charge in [0, 0.05) is 0 Å². The zero-order valence-corrected chi connectivity index (χ0v) is 11.0. The molecular weight excluding hydrogens is 253 g/mol. The van der Waals surface area contributed by atoms with Crippen molar-refractivity contribution in [3.8, 4) is 0 Å². The average Bonchev–Trinajstić information content (AvgIpc) is 2.35. The highest BCUT2D eigenvalue weighted by atomic mass is 19.1. The number of halogens is 1. The van der Waals surface area contributed by atoms with Gasteiger partial charge in [-0.05, 0) is 32.0 Å². The van der Waals surface area contributed by atoms with Gasteiger partial charge in [-0.25, -0.2) is 9.18 Å². The monoisotopic (exact) mass is 269 g/mol. The molecule has 0 aliphatic carbocycles. The van der Waals surface area contributed by atoms with Crippen LogP contribution in [0, 0.1) is 5.82 Å². The molecule has 1 rings (SSSR count). The minimum atomic E-state index is -0.653. The van der Waals surface area contributed by atoms with Gasteiger partial charge in [-0.3, -0.25) is 4.79 Å². The molecule has 1 N–H and O–H groups in total. The fraction of sp³-hybridized carbons (Fsp3) is 0.385. The van der Waals surface area contributed by atoms with Crippen molar-refractivity contribution in [3.05, 3.63) is 29.6 Å². The van der Waals surface area contributed by atoms with Gasteiger partial charge in [0.15, 0.2) is 0 Å². The van der Waals surface area contributed by atoms with Gasteiger partial charge in [-0.1, -0.05) is 0 Å². The van der Waals surface area contributed by atoms with E-state index in [2.05, 4.69) is 10.1 Å². The largest absolute Gasteiger partial charge is 0.465 e. The topological polar surface area (TPSA) is 64.6 Å². The SMILES string of the molecule is COC(=O)c1ccc(F)cc1NC(=O)COC(C)C. The Hall–Kier alpha value is -1.95. The standard InChI is InChI=1S/C13H16FNO4/c1-8(2)19-7-12(16)15-11-6-9(14)4-5-10(11)13(17)18-3/h4-6,8H,7H2,1-3H3,(H,15,16). The van der Waals surface area contributed by atoms with Crippen molar-refractivity contribution < 1.29 is 23.5 Å². The summed E-state index contributed by atoms with van der Waals surface area (Å²) < 4.78 is 22.8. The van der Waals surface area contributed by atoms with E-state index < -0.39 is 17.7 Å². The Morgan fingerprint density at radius 2 is 2.05 bits per heavy atom. The number of ether oxygens (including phenoxy) is 2. The summed E-state index contributed by atoms with van der Waals surface area (Å²) in [6.45, 7) is 3.40. The van der Waals surface area contributed by atoms with E-state index in [1.807, 2.05) is 0 Å². The van der Waals surface area contributed by atoms with E-state index in [1.165, 1.54) is 13.2 Å². The number of hydrogen-bond donors (Lipinski definition) is 1. The first-order valence-electron chi connectivity index (χ1n) is 5.73. The fourth-order valence-corrected chi connectivity index (χ4v) is 1.34. The molecule has 0 radical (unpaired) electrons. The maximum Gasteiger partial charge on any atom is 0.339 e. The van der Waals surface area contributed by atoms with Crippen LogP contribution in [0.5, 0.6) is 0 Å². The molecule has 0 bridgehead atoms. The number of amides is 1. The van der Waals surface area contributed by atoms with E-state index in [1.54, 1.807) is 13.8 Å². The number of nitrogens with one attached hydrogen (secondary N) is 1. The van der Waals surface area contributed by atoms with Crippen molar-refractivity contribution in [2.45, 2.75) is 20.0 Å². The maximum absolute atomic E-state index is 13.1. The van der Waals surface area contributed by atoms with E-state index >= 15 is 0 Å². The van der Waals surface area contributed by atoms with Crippen LogP contribution in [0.15, 0.2) is 18.2 Å². The van der Waals surface area contributed by atoms with Crippen molar-refractivity contribution >= 4 is 17.6 Å². The van der Waals surface area contributed by atoms with Gasteiger partial charge in [0.1, 0.15) is 12.4 Å². The molecule has 1 aromatic carbocycles. The molecule has 0 unspecified atom stereocenters. The van der Waals surface area contributed by atoms with Crippen molar-refractivity contribution in [3.63, 3.8) is 0 Å². The van der Waals surface area contributed by atoms with Crippen molar-refractivity contribution in [1.29, 1.82) is 0 Å². The highest BCUT2D eigenvalue weighted by Crippen LogP contribution is 2.18. The molecule has 0 spiro atoms. The smallest absolute Gasteiger partial charge is 0.339 e. The molecule has 0 heterocycles. The third-order valence-electron chi connectivity index (χ3n) is 2.21. The van der Waals surface area contributed by atoms with Crippen molar-refractivity contribution in [2.24, 2.45) is 0 Å². The molecule has 0 aliphatic heterocycles. The molecule has 104 valence electrons. The molecule has 0 aromatic heterocycles. The Balaban J connectivity index is 2.84. The van der Waals surface area contributed by atoms with E-state index in [0.29, 0.717) is 0 Å². The lowest BCUT2D eigenvalue weighted by Crippen LogP contribution is -2.22. The summed E-state index contributed by atoms with van der Waals surface area (Å²) in [5, 5.41) is 2.42. The lowest BCUT2D eigenvalue weighted by Gasteiger charge is -2.11. The number of methoxy groups -OCH3 is 1.